The maximum absolute atomic E-state index is 13.1. The molecule has 2 aromatic heterocycles. The fraction of sp³-hybridized carbons (Fsp3) is 0.444. The van der Waals surface area contributed by atoms with Gasteiger partial charge in [-0.1, -0.05) is 6.07 Å². The Bertz CT molecular complexity index is 718. The van der Waals surface area contributed by atoms with Gasteiger partial charge in [-0.15, -0.1) is 0 Å². The molecule has 1 amide bonds. The molecule has 6 heteroatoms. The third-order valence-electron chi connectivity index (χ3n) is 4.71. The molecule has 0 aliphatic carbocycles. The number of aromatic nitrogens is 3. The standard InChI is InChI=1S/C18H23N5O/c1-14-6-4-8-20-15(14)13-23-11-5-7-18(23,17(24)22(2)3)16-12-19-9-10-21-16/h4,6,8-10,12H,5,7,11,13H2,1-3H3. The fourth-order valence-corrected chi connectivity index (χ4v) is 3.48. The molecule has 0 radical (unpaired) electrons. The smallest absolute Gasteiger partial charge is 0.248 e. The number of aryl methyl sites for hydroxylation is 1. The predicted octanol–water partition coefficient (Wildman–Crippen LogP) is 1.76. The second-order valence-electron chi connectivity index (χ2n) is 6.44. The first-order valence-electron chi connectivity index (χ1n) is 8.19. The highest BCUT2D eigenvalue weighted by Crippen LogP contribution is 2.40. The molecule has 0 bridgehead atoms. The zero-order chi connectivity index (χ0) is 17.2. The van der Waals surface area contributed by atoms with Gasteiger partial charge >= 0.3 is 0 Å². The Labute approximate surface area is 142 Å². The number of carbonyl (C=O) groups excluding carboxylic acids is 1. The SMILES string of the molecule is Cc1cccnc1CN1CCCC1(C(=O)N(C)C)c1cnccn1. The van der Waals surface area contributed by atoms with Gasteiger partial charge in [0.2, 0.25) is 5.91 Å². The van der Waals surface area contributed by atoms with Crippen LogP contribution in [0.1, 0.15) is 29.8 Å². The molecule has 3 rings (SSSR count). The highest BCUT2D eigenvalue weighted by Gasteiger charge is 2.51. The van der Waals surface area contributed by atoms with E-state index >= 15 is 0 Å². The van der Waals surface area contributed by atoms with Gasteiger partial charge in [0.25, 0.3) is 0 Å². The third-order valence-corrected chi connectivity index (χ3v) is 4.71. The molecule has 1 aliphatic rings. The summed E-state index contributed by atoms with van der Waals surface area (Å²) in [5.74, 6) is 0.0501. The molecule has 2 aromatic rings. The monoisotopic (exact) mass is 325 g/mol. The highest BCUT2D eigenvalue weighted by atomic mass is 16.2. The molecule has 1 saturated heterocycles. The second-order valence-corrected chi connectivity index (χ2v) is 6.44. The molecule has 1 fully saturated rings. The molecular formula is C18H23N5O. The van der Waals surface area contributed by atoms with Gasteiger partial charge in [-0.05, 0) is 31.4 Å². The van der Waals surface area contributed by atoms with Crippen LogP contribution >= 0.6 is 0 Å². The van der Waals surface area contributed by atoms with Gasteiger partial charge in [-0.2, -0.15) is 0 Å². The van der Waals surface area contributed by atoms with Crippen LogP contribution in [0.4, 0.5) is 0 Å². The zero-order valence-electron chi connectivity index (χ0n) is 14.4. The summed E-state index contributed by atoms with van der Waals surface area (Å²) in [4.78, 5) is 30.2. The number of carbonyl (C=O) groups is 1. The summed E-state index contributed by atoms with van der Waals surface area (Å²) in [6.07, 6.45) is 8.50. The van der Waals surface area contributed by atoms with Gasteiger partial charge in [0.15, 0.2) is 0 Å². The Morgan fingerprint density at radius 3 is 2.79 bits per heavy atom. The van der Waals surface area contributed by atoms with Gasteiger partial charge in [-0.25, -0.2) is 0 Å². The van der Waals surface area contributed by atoms with E-state index in [0.717, 1.165) is 36.3 Å². The number of likely N-dealkylation sites (N-methyl/N-ethyl adjacent to an activating group) is 1. The van der Waals surface area contributed by atoms with Gasteiger partial charge in [0.05, 0.1) is 17.6 Å². The lowest BCUT2D eigenvalue weighted by molar-refractivity contribution is -0.141. The molecule has 0 spiro atoms. The lowest BCUT2D eigenvalue weighted by atomic mass is 9.90. The van der Waals surface area contributed by atoms with Crippen molar-refractivity contribution in [1.82, 2.24) is 24.8 Å². The van der Waals surface area contributed by atoms with Crippen molar-refractivity contribution >= 4 is 5.91 Å². The first-order chi connectivity index (χ1) is 11.6. The Kier molecular flexibility index (Phi) is 4.57. The molecular weight excluding hydrogens is 302 g/mol. The summed E-state index contributed by atoms with van der Waals surface area (Å²) < 4.78 is 0. The van der Waals surface area contributed by atoms with Crippen molar-refractivity contribution in [2.45, 2.75) is 31.8 Å². The average Bonchev–Trinajstić information content (AvgIpc) is 3.01. The maximum atomic E-state index is 13.1. The Balaban J connectivity index is 2.04. The van der Waals surface area contributed by atoms with Crippen LogP contribution in [0.5, 0.6) is 0 Å². The molecule has 1 aliphatic heterocycles. The summed E-state index contributed by atoms with van der Waals surface area (Å²) in [5.41, 5.74) is 2.09. The van der Waals surface area contributed by atoms with Crippen molar-refractivity contribution in [1.29, 1.82) is 0 Å². The van der Waals surface area contributed by atoms with Crippen molar-refractivity contribution in [2.75, 3.05) is 20.6 Å². The Hall–Kier alpha value is -2.34. The van der Waals surface area contributed by atoms with Crippen LogP contribution < -0.4 is 0 Å². The number of pyridine rings is 1. The minimum Gasteiger partial charge on any atom is -0.347 e. The van der Waals surface area contributed by atoms with E-state index in [4.69, 9.17) is 0 Å². The minimum absolute atomic E-state index is 0.0501. The van der Waals surface area contributed by atoms with Gasteiger partial charge in [0, 0.05) is 45.8 Å². The first kappa shape index (κ1) is 16.5. The van der Waals surface area contributed by atoms with E-state index in [1.165, 1.54) is 0 Å². The number of nitrogens with zero attached hydrogens (tertiary/aromatic N) is 5. The summed E-state index contributed by atoms with van der Waals surface area (Å²) in [5, 5.41) is 0. The van der Waals surface area contributed by atoms with Crippen molar-refractivity contribution in [3.63, 3.8) is 0 Å². The quantitative estimate of drug-likeness (QED) is 0.857. The highest BCUT2D eigenvalue weighted by molar-refractivity contribution is 5.87. The number of hydrogen-bond donors (Lipinski definition) is 0. The lowest BCUT2D eigenvalue weighted by Gasteiger charge is -2.38. The average molecular weight is 325 g/mol. The number of rotatable bonds is 4. The summed E-state index contributed by atoms with van der Waals surface area (Å²) >= 11 is 0. The first-order valence-corrected chi connectivity index (χ1v) is 8.19. The third kappa shape index (κ3) is 2.78. The molecule has 0 N–H and O–H groups in total. The number of hydrogen-bond acceptors (Lipinski definition) is 5. The van der Waals surface area contributed by atoms with Gasteiger partial charge in [0.1, 0.15) is 5.54 Å². The Morgan fingerprint density at radius 2 is 2.12 bits per heavy atom. The molecule has 0 aromatic carbocycles. The normalized spacial score (nSPS) is 21.0. The fourth-order valence-electron chi connectivity index (χ4n) is 3.48. The molecule has 0 saturated carbocycles. The maximum Gasteiger partial charge on any atom is 0.248 e. The second kappa shape index (κ2) is 6.65. The van der Waals surface area contributed by atoms with Crippen LogP contribution in [0.15, 0.2) is 36.9 Å². The van der Waals surface area contributed by atoms with E-state index in [2.05, 4.69) is 32.8 Å². The van der Waals surface area contributed by atoms with E-state index in [-0.39, 0.29) is 5.91 Å². The van der Waals surface area contributed by atoms with E-state index in [9.17, 15) is 4.79 Å². The molecule has 24 heavy (non-hydrogen) atoms. The number of amides is 1. The van der Waals surface area contributed by atoms with Crippen LogP contribution in [0, 0.1) is 6.92 Å². The Morgan fingerprint density at radius 1 is 1.29 bits per heavy atom. The topological polar surface area (TPSA) is 62.2 Å². The predicted molar refractivity (Wildman–Crippen MR) is 91.0 cm³/mol. The zero-order valence-corrected chi connectivity index (χ0v) is 14.4. The van der Waals surface area contributed by atoms with Crippen molar-refractivity contribution in [3.8, 4) is 0 Å². The van der Waals surface area contributed by atoms with Gasteiger partial charge < -0.3 is 4.90 Å². The van der Waals surface area contributed by atoms with E-state index in [0.29, 0.717) is 6.54 Å². The van der Waals surface area contributed by atoms with E-state index in [1.54, 1.807) is 43.8 Å². The van der Waals surface area contributed by atoms with E-state index in [1.807, 2.05) is 6.07 Å². The summed E-state index contributed by atoms with van der Waals surface area (Å²) in [7, 11) is 3.59. The summed E-state index contributed by atoms with van der Waals surface area (Å²) in [6, 6.07) is 3.99. The molecule has 1 atom stereocenters. The van der Waals surface area contributed by atoms with Gasteiger partial charge in [-0.3, -0.25) is 24.6 Å². The van der Waals surface area contributed by atoms with Crippen LogP contribution in [0.2, 0.25) is 0 Å². The molecule has 1 unspecified atom stereocenters. The van der Waals surface area contributed by atoms with Crippen LogP contribution in [-0.4, -0.2) is 51.3 Å². The lowest BCUT2D eigenvalue weighted by Crippen LogP contribution is -2.53. The number of likely N-dealkylation sites (tertiary alicyclic amines) is 1. The molecule has 6 nitrogen and oxygen atoms in total. The van der Waals surface area contributed by atoms with Crippen LogP contribution in [-0.2, 0) is 16.9 Å². The van der Waals surface area contributed by atoms with Crippen molar-refractivity contribution in [2.24, 2.45) is 0 Å². The van der Waals surface area contributed by atoms with Crippen molar-refractivity contribution in [3.05, 3.63) is 53.9 Å². The van der Waals surface area contributed by atoms with Crippen molar-refractivity contribution < 1.29 is 4.79 Å². The molecule has 126 valence electrons. The van der Waals surface area contributed by atoms with Crippen LogP contribution in [0.25, 0.3) is 0 Å². The molecule has 3 heterocycles. The minimum atomic E-state index is -0.762. The van der Waals surface area contributed by atoms with Crippen LogP contribution in [0.3, 0.4) is 0 Å². The summed E-state index contributed by atoms with van der Waals surface area (Å²) in [6.45, 7) is 3.52. The largest absolute Gasteiger partial charge is 0.347 e. The van der Waals surface area contributed by atoms with E-state index < -0.39 is 5.54 Å².